The minimum absolute atomic E-state index is 0.0657. The first-order valence-electron chi connectivity index (χ1n) is 6.21. The quantitative estimate of drug-likeness (QED) is 0.812. The number of aromatic hydroxyl groups is 1. The number of hydrogen-bond acceptors (Lipinski definition) is 3. The summed E-state index contributed by atoms with van der Waals surface area (Å²) in [6.45, 7) is 6.17. The highest BCUT2D eigenvalue weighted by molar-refractivity contribution is 7.80. The third-order valence-corrected chi connectivity index (χ3v) is 3.13. The molecule has 3 N–H and O–H groups in total. The Bertz CT molecular complexity index is 486. The number of hydrogen-bond donors (Lipinski definition) is 2. The van der Waals surface area contributed by atoms with Gasteiger partial charge in [0.05, 0.1) is 4.99 Å². The van der Waals surface area contributed by atoms with E-state index in [-0.39, 0.29) is 17.7 Å². The lowest BCUT2D eigenvalue weighted by molar-refractivity contribution is 0.0711. The smallest absolute Gasteiger partial charge is 0.254 e. The molecule has 19 heavy (non-hydrogen) atoms. The highest BCUT2D eigenvalue weighted by Crippen LogP contribution is 2.19. The Balaban J connectivity index is 2.92. The van der Waals surface area contributed by atoms with Gasteiger partial charge in [-0.25, -0.2) is 0 Å². The molecule has 0 saturated carbocycles. The second-order valence-corrected chi connectivity index (χ2v) is 5.33. The first-order chi connectivity index (χ1) is 8.82. The van der Waals surface area contributed by atoms with Crippen LogP contribution in [0.5, 0.6) is 5.75 Å². The number of nitrogens with two attached hydrogens (primary N) is 1. The summed E-state index contributed by atoms with van der Waals surface area (Å²) in [5, 5.41) is 9.49. The van der Waals surface area contributed by atoms with Crippen molar-refractivity contribution in [1.29, 1.82) is 0 Å². The largest absolute Gasteiger partial charge is 0.508 e. The van der Waals surface area contributed by atoms with Crippen LogP contribution in [-0.4, -0.2) is 33.5 Å². The molecule has 5 heteroatoms. The van der Waals surface area contributed by atoms with Gasteiger partial charge in [-0.15, -0.1) is 0 Å². The van der Waals surface area contributed by atoms with E-state index in [2.05, 4.69) is 0 Å². The van der Waals surface area contributed by atoms with Gasteiger partial charge in [-0.05, 0) is 44.5 Å². The minimum Gasteiger partial charge on any atom is -0.508 e. The molecule has 0 spiro atoms. The van der Waals surface area contributed by atoms with Crippen molar-refractivity contribution in [2.75, 3.05) is 6.54 Å². The van der Waals surface area contributed by atoms with Crippen LogP contribution in [0.25, 0.3) is 0 Å². The van der Waals surface area contributed by atoms with Crippen LogP contribution in [0.4, 0.5) is 0 Å². The summed E-state index contributed by atoms with van der Waals surface area (Å²) in [5.41, 5.74) is 6.73. The number of nitrogens with zero attached hydrogens (tertiary/aromatic N) is 1. The molecule has 0 atom stereocenters. The summed E-state index contributed by atoms with van der Waals surface area (Å²) in [6.07, 6.45) is 0.510. The molecule has 0 bridgehead atoms. The van der Waals surface area contributed by atoms with Crippen LogP contribution in [0.2, 0.25) is 0 Å². The van der Waals surface area contributed by atoms with E-state index < -0.39 is 0 Å². The van der Waals surface area contributed by atoms with Crippen molar-refractivity contribution in [3.8, 4) is 5.75 Å². The van der Waals surface area contributed by atoms with Crippen molar-refractivity contribution < 1.29 is 9.90 Å². The number of amides is 1. The van der Waals surface area contributed by atoms with E-state index in [4.69, 9.17) is 18.0 Å². The summed E-state index contributed by atoms with van der Waals surface area (Å²) in [4.78, 5) is 14.6. The molecule has 0 aliphatic rings. The average Bonchev–Trinajstić information content (AvgIpc) is 2.31. The number of aryl methyl sites for hydroxylation is 1. The van der Waals surface area contributed by atoms with E-state index in [9.17, 15) is 9.90 Å². The van der Waals surface area contributed by atoms with E-state index in [1.807, 2.05) is 13.8 Å². The lowest BCUT2D eigenvalue weighted by Crippen LogP contribution is -2.39. The Morgan fingerprint density at radius 3 is 2.58 bits per heavy atom. The minimum atomic E-state index is -0.0747. The average molecular weight is 280 g/mol. The summed E-state index contributed by atoms with van der Waals surface area (Å²) in [7, 11) is 0. The van der Waals surface area contributed by atoms with Gasteiger partial charge in [0, 0.05) is 24.6 Å². The molecule has 1 aromatic rings. The molecule has 4 nitrogen and oxygen atoms in total. The number of carbonyl (C=O) groups excluding carboxylic acids is 1. The summed E-state index contributed by atoms with van der Waals surface area (Å²) in [5.74, 6) is 0.116. The van der Waals surface area contributed by atoms with Crippen LogP contribution in [0.15, 0.2) is 18.2 Å². The zero-order valence-corrected chi connectivity index (χ0v) is 12.3. The van der Waals surface area contributed by atoms with Crippen molar-refractivity contribution in [2.45, 2.75) is 33.2 Å². The lowest BCUT2D eigenvalue weighted by atomic mass is 10.1. The molecular formula is C14H20N2O2S. The van der Waals surface area contributed by atoms with Gasteiger partial charge in [-0.3, -0.25) is 4.79 Å². The fraction of sp³-hybridized carbons (Fsp3) is 0.429. The van der Waals surface area contributed by atoms with Crippen LogP contribution in [0, 0.1) is 6.92 Å². The molecule has 1 aromatic carbocycles. The Hall–Kier alpha value is -1.62. The molecule has 0 heterocycles. The number of carbonyl (C=O) groups is 1. The highest BCUT2D eigenvalue weighted by Gasteiger charge is 2.19. The molecule has 0 aliphatic carbocycles. The van der Waals surface area contributed by atoms with Gasteiger partial charge < -0.3 is 15.7 Å². The predicted molar refractivity (Wildman–Crippen MR) is 80.4 cm³/mol. The third kappa shape index (κ3) is 4.21. The predicted octanol–water partition coefficient (Wildman–Crippen LogP) is 2.23. The first-order valence-corrected chi connectivity index (χ1v) is 6.62. The normalized spacial score (nSPS) is 10.5. The summed E-state index contributed by atoms with van der Waals surface area (Å²) >= 11 is 4.85. The van der Waals surface area contributed by atoms with E-state index in [0.717, 1.165) is 0 Å². The van der Waals surface area contributed by atoms with Crippen molar-refractivity contribution in [3.05, 3.63) is 29.3 Å². The second kappa shape index (κ2) is 6.52. The highest BCUT2D eigenvalue weighted by atomic mass is 32.1. The van der Waals surface area contributed by atoms with Crippen molar-refractivity contribution >= 4 is 23.1 Å². The maximum absolute atomic E-state index is 12.4. The second-order valence-electron chi connectivity index (χ2n) is 4.81. The molecular weight excluding hydrogens is 260 g/mol. The van der Waals surface area contributed by atoms with Gasteiger partial charge in [0.15, 0.2) is 0 Å². The fourth-order valence-electron chi connectivity index (χ4n) is 1.78. The van der Waals surface area contributed by atoms with Gasteiger partial charge >= 0.3 is 0 Å². The van der Waals surface area contributed by atoms with Crippen LogP contribution in [0.1, 0.15) is 36.2 Å². The molecule has 1 amide bonds. The van der Waals surface area contributed by atoms with Gasteiger partial charge in [-0.2, -0.15) is 0 Å². The molecule has 0 aliphatic heterocycles. The van der Waals surface area contributed by atoms with Gasteiger partial charge in [-0.1, -0.05) is 12.2 Å². The number of rotatable bonds is 5. The molecule has 1 rings (SSSR count). The molecule has 0 unspecified atom stereocenters. The molecule has 0 fully saturated rings. The Morgan fingerprint density at radius 2 is 2.11 bits per heavy atom. The molecule has 0 aromatic heterocycles. The van der Waals surface area contributed by atoms with Crippen LogP contribution in [-0.2, 0) is 0 Å². The van der Waals surface area contributed by atoms with Gasteiger partial charge in [0.25, 0.3) is 5.91 Å². The zero-order chi connectivity index (χ0) is 14.6. The standard InChI is InChI=1S/C14H20N2O2S/c1-9(2)16(7-6-13(15)19)14(18)11-4-5-12(17)10(3)8-11/h4-5,8-9,17H,6-7H2,1-3H3,(H2,15,19). The maximum Gasteiger partial charge on any atom is 0.254 e. The SMILES string of the molecule is Cc1cc(C(=O)N(CCC(N)=S)C(C)C)ccc1O. The Labute approximate surface area is 119 Å². The van der Waals surface area contributed by atoms with E-state index in [1.165, 1.54) is 6.07 Å². The van der Waals surface area contributed by atoms with Crippen LogP contribution >= 0.6 is 12.2 Å². The Morgan fingerprint density at radius 1 is 1.47 bits per heavy atom. The summed E-state index contributed by atoms with van der Waals surface area (Å²) < 4.78 is 0. The number of thiocarbonyl (C=S) groups is 1. The monoisotopic (exact) mass is 280 g/mol. The molecule has 0 radical (unpaired) electrons. The number of benzene rings is 1. The summed E-state index contributed by atoms with van der Waals surface area (Å²) in [6, 6.07) is 4.92. The van der Waals surface area contributed by atoms with Crippen LogP contribution < -0.4 is 5.73 Å². The maximum atomic E-state index is 12.4. The van der Waals surface area contributed by atoms with Crippen molar-refractivity contribution in [1.82, 2.24) is 4.90 Å². The van der Waals surface area contributed by atoms with Gasteiger partial charge in [0.2, 0.25) is 0 Å². The van der Waals surface area contributed by atoms with E-state index >= 15 is 0 Å². The fourth-order valence-corrected chi connectivity index (χ4v) is 1.87. The van der Waals surface area contributed by atoms with E-state index in [0.29, 0.717) is 29.1 Å². The molecule has 0 saturated heterocycles. The topological polar surface area (TPSA) is 66.6 Å². The number of phenols is 1. The lowest BCUT2D eigenvalue weighted by Gasteiger charge is -2.27. The van der Waals surface area contributed by atoms with Crippen molar-refractivity contribution in [2.24, 2.45) is 5.73 Å². The molecule has 104 valence electrons. The third-order valence-electron chi connectivity index (χ3n) is 2.93. The van der Waals surface area contributed by atoms with Gasteiger partial charge in [0.1, 0.15) is 5.75 Å². The van der Waals surface area contributed by atoms with Crippen molar-refractivity contribution in [3.63, 3.8) is 0 Å². The zero-order valence-electron chi connectivity index (χ0n) is 11.5. The van der Waals surface area contributed by atoms with E-state index in [1.54, 1.807) is 24.0 Å². The first kappa shape index (κ1) is 15.4. The number of phenolic OH excluding ortho intramolecular Hbond substituents is 1. The van der Waals surface area contributed by atoms with Crippen LogP contribution in [0.3, 0.4) is 0 Å². The Kier molecular flexibility index (Phi) is 5.30.